The first-order valence-corrected chi connectivity index (χ1v) is 8.10. The smallest absolute Gasteiger partial charge is 0.238 e. The lowest BCUT2D eigenvalue weighted by Gasteiger charge is -2.12. The molecule has 0 spiro atoms. The molecule has 1 N–H and O–H groups in total. The van der Waals surface area contributed by atoms with Gasteiger partial charge in [0.25, 0.3) is 0 Å². The molecular weight excluding hydrogens is 324 g/mol. The predicted octanol–water partition coefficient (Wildman–Crippen LogP) is 3.91. The van der Waals surface area contributed by atoms with Gasteiger partial charge in [0, 0.05) is 22.4 Å². The van der Waals surface area contributed by atoms with E-state index in [9.17, 15) is 4.79 Å². The lowest BCUT2D eigenvalue weighted by atomic mass is 10.2. The second kappa shape index (κ2) is 7.56. The van der Waals surface area contributed by atoms with Gasteiger partial charge in [0.1, 0.15) is 11.5 Å². The average Bonchev–Trinajstić information content (AvgIpc) is 2.90. The van der Waals surface area contributed by atoms with Crippen molar-refractivity contribution >= 4 is 35.1 Å². The minimum absolute atomic E-state index is 0.126. The summed E-state index contributed by atoms with van der Waals surface area (Å²) in [6.07, 6.45) is 0. The fourth-order valence-corrected chi connectivity index (χ4v) is 2.86. The second-order valence-corrected chi connectivity index (χ2v) is 6.49. The van der Waals surface area contributed by atoms with Gasteiger partial charge < -0.3 is 14.6 Å². The van der Waals surface area contributed by atoms with Crippen molar-refractivity contribution in [3.05, 3.63) is 40.6 Å². The highest BCUT2D eigenvalue weighted by Gasteiger charge is 2.16. The number of anilines is 1. The molecule has 1 aromatic carbocycles. The Morgan fingerprint density at radius 3 is 2.91 bits per heavy atom. The van der Waals surface area contributed by atoms with E-state index in [0.29, 0.717) is 22.4 Å². The number of nitrogens with one attached hydrogen (secondary N) is 1. The van der Waals surface area contributed by atoms with Gasteiger partial charge in [-0.3, -0.25) is 4.79 Å². The van der Waals surface area contributed by atoms with E-state index < -0.39 is 0 Å². The Labute approximate surface area is 138 Å². The summed E-state index contributed by atoms with van der Waals surface area (Å²) < 4.78 is 10.2. The van der Waals surface area contributed by atoms with Crippen LogP contribution in [0.3, 0.4) is 0 Å². The molecule has 1 amide bonds. The third kappa shape index (κ3) is 4.42. The molecule has 2 aromatic rings. The van der Waals surface area contributed by atoms with Gasteiger partial charge >= 0.3 is 0 Å². The zero-order chi connectivity index (χ0) is 16.1. The van der Waals surface area contributed by atoms with Crippen molar-refractivity contribution < 1.29 is 14.1 Å². The number of rotatable bonds is 6. The monoisotopic (exact) mass is 340 g/mol. The molecule has 7 heteroatoms. The van der Waals surface area contributed by atoms with Crippen LogP contribution >= 0.6 is 23.4 Å². The lowest BCUT2D eigenvalue weighted by molar-refractivity contribution is -0.115. The van der Waals surface area contributed by atoms with Crippen molar-refractivity contribution in [2.45, 2.75) is 24.9 Å². The molecule has 0 aliphatic heterocycles. The van der Waals surface area contributed by atoms with E-state index in [2.05, 4.69) is 10.5 Å². The predicted molar refractivity (Wildman–Crippen MR) is 88.6 cm³/mol. The number of ether oxygens (including phenoxy) is 1. The molecule has 1 aromatic heterocycles. The van der Waals surface area contributed by atoms with E-state index in [0.717, 1.165) is 11.3 Å². The number of amides is 1. The van der Waals surface area contributed by atoms with Gasteiger partial charge in [-0.1, -0.05) is 16.8 Å². The Morgan fingerprint density at radius 1 is 1.50 bits per heavy atom. The van der Waals surface area contributed by atoms with Crippen LogP contribution in [0.4, 0.5) is 5.82 Å². The molecule has 1 atom stereocenters. The van der Waals surface area contributed by atoms with Crippen LogP contribution in [-0.2, 0) is 10.5 Å². The molecule has 2 rings (SSSR count). The van der Waals surface area contributed by atoms with Gasteiger partial charge in [0.05, 0.1) is 12.4 Å². The van der Waals surface area contributed by atoms with E-state index in [1.165, 1.54) is 11.8 Å². The Balaban J connectivity index is 1.93. The van der Waals surface area contributed by atoms with Crippen LogP contribution in [0.15, 0.2) is 28.8 Å². The number of nitrogens with zero attached hydrogens (tertiary/aromatic N) is 1. The van der Waals surface area contributed by atoms with Crippen LogP contribution in [0.1, 0.15) is 18.2 Å². The number of carbonyl (C=O) groups excluding carboxylic acids is 1. The quantitative estimate of drug-likeness (QED) is 0.863. The zero-order valence-electron chi connectivity index (χ0n) is 12.6. The third-order valence-electron chi connectivity index (χ3n) is 2.98. The Kier molecular flexibility index (Phi) is 5.74. The number of thioether (sulfide) groups is 1. The highest BCUT2D eigenvalue weighted by molar-refractivity contribution is 7.99. The first-order valence-electron chi connectivity index (χ1n) is 6.68. The number of methoxy groups -OCH3 is 1. The normalized spacial score (nSPS) is 12.0. The number of hydrogen-bond acceptors (Lipinski definition) is 5. The standard InChI is InChI=1S/C15H17ClN2O3S/c1-9-6-14(18-21-9)17-15(19)10(2)22-8-11-7-12(16)4-5-13(11)20-3/h4-7,10H,8H2,1-3H3,(H,17,18,19). The van der Waals surface area contributed by atoms with Crippen molar-refractivity contribution in [2.24, 2.45) is 0 Å². The first-order chi connectivity index (χ1) is 10.5. The molecular formula is C15H17ClN2O3S. The number of aryl methyl sites for hydroxylation is 1. The molecule has 0 saturated carbocycles. The number of aromatic nitrogens is 1. The van der Waals surface area contributed by atoms with Gasteiger partial charge in [0.15, 0.2) is 5.82 Å². The first kappa shape index (κ1) is 16.7. The number of carbonyl (C=O) groups is 1. The van der Waals surface area contributed by atoms with E-state index >= 15 is 0 Å². The molecule has 22 heavy (non-hydrogen) atoms. The minimum atomic E-state index is -0.249. The van der Waals surface area contributed by atoms with Crippen LogP contribution in [0.25, 0.3) is 0 Å². The highest BCUT2D eigenvalue weighted by Crippen LogP contribution is 2.28. The topological polar surface area (TPSA) is 64.4 Å². The van der Waals surface area contributed by atoms with Gasteiger partial charge in [-0.2, -0.15) is 0 Å². The molecule has 0 bridgehead atoms. The van der Waals surface area contributed by atoms with E-state index in [1.807, 2.05) is 19.1 Å². The van der Waals surface area contributed by atoms with E-state index in [4.69, 9.17) is 20.9 Å². The average molecular weight is 341 g/mol. The van der Waals surface area contributed by atoms with Crippen molar-refractivity contribution in [3.63, 3.8) is 0 Å². The molecule has 5 nitrogen and oxygen atoms in total. The maximum absolute atomic E-state index is 12.1. The summed E-state index contributed by atoms with van der Waals surface area (Å²) in [5.74, 6) is 2.33. The SMILES string of the molecule is COc1ccc(Cl)cc1CSC(C)C(=O)Nc1cc(C)on1. The molecule has 0 saturated heterocycles. The summed E-state index contributed by atoms with van der Waals surface area (Å²) >= 11 is 7.49. The molecule has 118 valence electrons. The van der Waals surface area contributed by atoms with Crippen LogP contribution in [0, 0.1) is 6.92 Å². The van der Waals surface area contributed by atoms with E-state index in [1.54, 1.807) is 26.2 Å². The second-order valence-electron chi connectivity index (χ2n) is 4.72. The molecule has 1 heterocycles. The van der Waals surface area contributed by atoms with Crippen molar-refractivity contribution in [1.82, 2.24) is 5.16 Å². The summed E-state index contributed by atoms with van der Waals surface area (Å²) in [6, 6.07) is 7.12. The fourth-order valence-electron chi connectivity index (χ4n) is 1.80. The maximum atomic E-state index is 12.1. The summed E-state index contributed by atoms with van der Waals surface area (Å²) in [7, 11) is 1.61. The van der Waals surface area contributed by atoms with Crippen LogP contribution in [0.2, 0.25) is 5.02 Å². The fraction of sp³-hybridized carbons (Fsp3) is 0.333. The lowest BCUT2D eigenvalue weighted by Crippen LogP contribution is -2.22. The highest BCUT2D eigenvalue weighted by atomic mass is 35.5. The molecule has 0 fully saturated rings. The summed E-state index contributed by atoms with van der Waals surface area (Å²) in [4.78, 5) is 12.1. The number of benzene rings is 1. The van der Waals surface area contributed by atoms with Crippen LogP contribution in [0.5, 0.6) is 5.75 Å². The Hall–Kier alpha value is -1.66. The number of halogens is 1. The third-order valence-corrected chi connectivity index (χ3v) is 4.41. The Morgan fingerprint density at radius 2 is 2.27 bits per heavy atom. The molecule has 0 radical (unpaired) electrons. The summed E-state index contributed by atoms with van der Waals surface area (Å²) in [5, 5.41) is 6.85. The van der Waals surface area contributed by atoms with Gasteiger partial charge in [-0.25, -0.2) is 0 Å². The Bertz CT molecular complexity index is 660. The van der Waals surface area contributed by atoms with Crippen LogP contribution in [-0.4, -0.2) is 23.4 Å². The molecule has 1 unspecified atom stereocenters. The number of hydrogen-bond donors (Lipinski definition) is 1. The van der Waals surface area contributed by atoms with Crippen molar-refractivity contribution in [3.8, 4) is 5.75 Å². The van der Waals surface area contributed by atoms with Crippen LogP contribution < -0.4 is 10.1 Å². The maximum Gasteiger partial charge on any atom is 0.238 e. The molecule has 0 aliphatic rings. The largest absolute Gasteiger partial charge is 0.496 e. The molecule has 0 aliphatic carbocycles. The van der Waals surface area contributed by atoms with Crippen molar-refractivity contribution in [1.29, 1.82) is 0 Å². The zero-order valence-corrected chi connectivity index (χ0v) is 14.1. The minimum Gasteiger partial charge on any atom is -0.496 e. The van der Waals surface area contributed by atoms with E-state index in [-0.39, 0.29) is 11.2 Å². The van der Waals surface area contributed by atoms with Gasteiger partial charge in [-0.05, 0) is 32.0 Å². The van der Waals surface area contributed by atoms with Gasteiger partial charge in [-0.15, -0.1) is 11.8 Å². The van der Waals surface area contributed by atoms with Crippen molar-refractivity contribution in [2.75, 3.05) is 12.4 Å². The van der Waals surface area contributed by atoms with Gasteiger partial charge in [0.2, 0.25) is 5.91 Å². The summed E-state index contributed by atoms with van der Waals surface area (Å²) in [6.45, 7) is 3.61. The summed E-state index contributed by atoms with van der Waals surface area (Å²) in [5.41, 5.74) is 0.955.